The van der Waals surface area contributed by atoms with Gasteiger partial charge in [-0.2, -0.15) is 0 Å². The Bertz CT molecular complexity index is 2050. The topological polar surface area (TPSA) is 209 Å². The minimum atomic E-state index is -2.30. The van der Waals surface area contributed by atoms with E-state index in [0.29, 0.717) is 5.56 Å². The van der Waals surface area contributed by atoms with Crippen LogP contribution in [-0.4, -0.2) is 104 Å². The van der Waals surface area contributed by atoms with Gasteiger partial charge < -0.3 is 45.1 Å². The third-order valence-corrected chi connectivity index (χ3v) is 12.9. The monoisotopic (exact) mass is 1220 g/mol. The van der Waals surface area contributed by atoms with Gasteiger partial charge in [0.15, 0.2) is 11.9 Å². The van der Waals surface area contributed by atoms with Crippen molar-refractivity contribution in [2.45, 2.75) is 94.4 Å². The molecule has 2 bridgehead atoms. The molecule has 58 heavy (non-hydrogen) atoms. The van der Waals surface area contributed by atoms with E-state index in [-0.39, 0.29) is 123 Å². The van der Waals surface area contributed by atoms with Gasteiger partial charge in [-0.15, -0.1) is 0 Å². The summed E-state index contributed by atoms with van der Waals surface area (Å²) in [6, 6.07) is 23.2. The maximum atomic E-state index is 14.7. The fraction of sp³-hybridized carbons (Fsp3) is 0.442. The second-order valence-electron chi connectivity index (χ2n) is 16.2. The number of ether oxygens (including phenoxy) is 3. The quantitative estimate of drug-likeness (QED) is 0.142. The summed E-state index contributed by atoms with van der Waals surface area (Å²) in [7, 11) is 0. The number of amides is 1. The maximum absolute atomic E-state index is 14.7. The number of ketones is 1. The number of nitrogens with one attached hydrogen (secondary N) is 1. The first-order valence-corrected chi connectivity index (χ1v) is 18.7. The zero-order chi connectivity index (χ0) is 40.4. The van der Waals surface area contributed by atoms with Crippen molar-refractivity contribution in [1.82, 2.24) is 5.32 Å². The Kier molecular flexibility index (Phi) is 14.5. The van der Waals surface area contributed by atoms with Crippen LogP contribution in [0, 0.1) is 105 Å². The largest absolute Gasteiger partial charge is 0.456 e. The smallest absolute Gasteiger partial charge is 0.338 e. The number of carbonyl (C=O) groups is 4. The molecule has 0 spiro atoms. The van der Waals surface area contributed by atoms with Gasteiger partial charge in [-0.25, -0.2) is 9.59 Å². The van der Waals surface area contributed by atoms with Crippen LogP contribution in [0.5, 0.6) is 0 Å². The average molecular weight is 1220 g/mol. The van der Waals surface area contributed by atoms with E-state index in [1.54, 1.807) is 92.7 Å². The van der Waals surface area contributed by atoms with Gasteiger partial charge >= 0.3 is 11.9 Å². The number of carbonyl (C=O) groups excluding carboxylic acids is 4. The van der Waals surface area contributed by atoms with E-state index in [1.807, 2.05) is 0 Å². The molecular weight excluding hydrogens is 1180 g/mol. The second-order valence-corrected chi connectivity index (χ2v) is 16.2. The van der Waals surface area contributed by atoms with Crippen LogP contribution < -0.4 is 5.32 Å². The van der Waals surface area contributed by atoms with Crippen molar-refractivity contribution in [3.05, 3.63) is 119 Å². The van der Waals surface area contributed by atoms with E-state index in [1.165, 1.54) is 26.0 Å². The molecule has 4 aliphatic rings. The van der Waals surface area contributed by atoms with Crippen molar-refractivity contribution in [3.8, 4) is 0 Å². The van der Waals surface area contributed by atoms with Crippen molar-refractivity contribution >= 4 is 23.6 Å². The molecule has 15 heteroatoms. The summed E-state index contributed by atoms with van der Waals surface area (Å²) in [6.07, 6.45) is -10.3. The molecule has 3 fully saturated rings. The molecule has 3 aromatic carbocycles. The van der Waals surface area contributed by atoms with Crippen LogP contribution in [0.25, 0.3) is 0 Å². The normalized spacial score (nSPS) is 33.1. The zero-order valence-electron chi connectivity index (χ0n) is 32.6. The summed E-state index contributed by atoms with van der Waals surface area (Å²) in [4.78, 5) is 56.0. The van der Waals surface area contributed by atoms with Crippen molar-refractivity contribution < 1.29 is 147 Å². The van der Waals surface area contributed by atoms with Crippen LogP contribution in [0.4, 0.5) is 0 Å². The van der Waals surface area contributed by atoms with Crippen molar-refractivity contribution in [2.75, 3.05) is 6.61 Å². The zero-order valence-corrected chi connectivity index (χ0v) is 42.1. The van der Waals surface area contributed by atoms with Crippen LogP contribution in [0.15, 0.2) is 102 Å². The number of hydrogen-bond acceptors (Lipinski definition) is 12. The molecular formula is C43H47Ac2NO12. The molecule has 3 aromatic rings. The Labute approximate surface area is 408 Å². The van der Waals surface area contributed by atoms with Crippen molar-refractivity contribution in [2.24, 2.45) is 16.7 Å². The van der Waals surface area contributed by atoms with Crippen LogP contribution in [0.3, 0.4) is 0 Å². The van der Waals surface area contributed by atoms with Gasteiger partial charge in [-0.1, -0.05) is 80.6 Å². The minimum absolute atomic E-state index is 0. The predicted molar refractivity (Wildman–Crippen MR) is 199 cm³/mol. The van der Waals surface area contributed by atoms with E-state index < -0.39 is 101 Å². The molecule has 0 aromatic heterocycles. The second kappa shape index (κ2) is 17.8. The molecule has 10 unspecified atom stereocenters. The van der Waals surface area contributed by atoms with E-state index in [4.69, 9.17) is 14.2 Å². The van der Waals surface area contributed by atoms with Gasteiger partial charge in [0.2, 0.25) is 0 Å². The van der Waals surface area contributed by atoms with Crippen molar-refractivity contribution in [3.63, 3.8) is 0 Å². The molecule has 11 atom stereocenters. The Morgan fingerprint density at radius 3 is 1.95 bits per heavy atom. The number of fused-ring (bicyclic) bond motifs is 5. The molecule has 6 N–H and O–H groups in total. The minimum Gasteiger partial charge on any atom is -0.456 e. The predicted octanol–water partition coefficient (Wildman–Crippen LogP) is 2.59. The Morgan fingerprint density at radius 2 is 1.40 bits per heavy atom. The fourth-order valence-electron chi connectivity index (χ4n) is 9.54. The van der Waals surface area contributed by atoms with Crippen LogP contribution >= 0.6 is 0 Å². The summed E-state index contributed by atoms with van der Waals surface area (Å²) < 4.78 is 17.9. The van der Waals surface area contributed by atoms with Gasteiger partial charge in [0.1, 0.15) is 29.5 Å². The van der Waals surface area contributed by atoms with Crippen molar-refractivity contribution in [1.29, 1.82) is 0 Å². The Hall–Kier alpha value is -1.88. The first-order chi connectivity index (χ1) is 26.5. The molecule has 1 amide bonds. The molecule has 3 aliphatic carbocycles. The fourth-order valence-corrected chi connectivity index (χ4v) is 9.54. The Morgan fingerprint density at radius 1 is 0.845 bits per heavy atom. The van der Waals surface area contributed by atoms with Gasteiger partial charge in [0.25, 0.3) is 5.91 Å². The summed E-state index contributed by atoms with van der Waals surface area (Å²) in [5.74, 6) is -5.07. The maximum Gasteiger partial charge on any atom is 0.338 e. The van der Waals surface area contributed by atoms with Crippen LogP contribution in [0.2, 0.25) is 0 Å². The molecule has 7 rings (SSSR count). The summed E-state index contributed by atoms with van der Waals surface area (Å²) in [6.45, 7) is 5.72. The third kappa shape index (κ3) is 7.78. The number of Topliss-reactive ketones (excluding diaryl/α,β-unsaturated/α-hetero) is 1. The number of aliphatic hydroxyl groups is 5. The standard InChI is InChI=1S/C43H47NO12.2Ac/c1-23-27(55-39(51)33(47)31(24-14-8-5-9-15-24)44-37(49)25-16-10-6-11-17-25)21-43(53)36(56-38(50)26-18-12-7-13-19-26)34-41(4,28(45)20-29-42(34,52)22-54-29)35(48)32(46)30(23)40(43,2)3;;/h5-19,27-29,31-34,36,45-47,52-53H,20-22H2,1-4H3,(H,44,49);;/t27?,28?,29?,31?,32?,33?,34?,36?,41-,42?,43?;;/m1../s1. The molecule has 1 aliphatic heterocycles. The molecule has 302 valence electrons. The van der Waals surface area contributed by atoms with Gasteiger partial charge in [0.05, 0.1) is 35.8 Å². The molecule has 13 nitrogen and oxygen atoms in total. The number of aliphatic hydroxyl groups excluding tert-OH is 3. The van der Waals surface area contributed by atoms with E-state index in [0.717, 1.165) is 0 Å². The molecule has 1 saturated heterocycles. The molecule has 1 heterocycles. The molecule has 2 radical (unpaired) electrons. The van der Waals surface area contributed by atoms with Gasteiger partial charge in [-0.05, 0) is 54.8 Å². The number of hydrogen-bond donors (Lipinski definition) is 6. The first kappa shape index (κ1) is 47.2. The van der Waals surface area contributed by atoms with Crippen LogP contribution in [0.1, 0.15) is 72.9 Å². The first-order valence-electron chi connectivity index (χ1n) is 18.7. The number of benzene rings is 3. The Balaban J connectivity index is 0.00000320. The van der Waals surface area contributed by atoms with E-state index >= 15 is 0 Å². The van der Waals surface area contributed by atoms with Gasteiger partial charge in [0, 0.05) is 118 Å². The summed E-state index contributed by atoms with van der Waals surface area (Å²) >= 11 is 0. The van der Waals surface area contributed by atoms with Crippen LogP contribution in [-0.2, 0) is 23.8 Å². The molecule has 2 saturated carbocycles. The summed E-state index contributed by atoms with van der Waals surface area (Å²) in [5.41, 5.74) is -6.83. The third-order valence-electron chi connectivity index (χ3n) is 12.9. The SMILES string of the molecule is CC1=C2C(O)C(=O)[C@]3(C)C(O)CC4OCC4(O)C3C(OC(=O)c3ccccc3)C(O)(CC1OC(=O)C(O)C(NC(=O)c1ccccc1)c1ccccc1)C2(C)C.[Ac].[Ac]. The summed E-state index contributed by atoms with van der Waals surface area (Å²) in [5, 5.41) is 63.6. The van der Waals surface area contributed by atoms with E-state index in [9.17, 15) is 44.7 Å². The van der Waals surface area contributed by atoms with E-state index in [2.05, 4.69) is 5.32 Å². The van der Waals surface area contributed by atoms with Gasteiger partial charge in [-0.3, -0.25) is 9.59 Å². The number of rotatable bonds is 8. The number of esters is 2. The average Bonchev–Trinajstić information content (AvgIpc) is 3.19.